The van der Waals surface area contributed by atoms with Gasteiger partial charge < -0.3 is 20.1 Å². The molecule has 0 amide bonds. The summed E-state index contributed by atoms with van der Waals surface area (Å²) >= 11 is 0. The van der Waals surface area contributed by atoms with Crippen molar-refractivity contribution < 1.29 is 37.6 Å². The lowest BCUT2D eigenvalue weighted by Crippen LogP contribution is -2.29. The van der Waals surface area contributed by atoms with Crippen LogP contribution in [0.2, 0.25) is 0 Å². The summed E-state index contributed by atoms with van der Waals surface area (Å²) < 4.78 is 32.6. The summed E-state index contributed by atoms with van der Waals surface area (Å²) in [5.74, 6) is -0.834. The number of phosphoric ester groups is 1. The quantitative estimate of drug-likeness (QED) is 0.0285. The van der Waals surface area contributed by atoms with E-state index in [2.05, 4.69) is 26.0 Å². The number of phosphoric acid groups is 1. The molecular formula is C37H72NO8P. The van der Waals surface area contributed by atoms with Crippen molar-refractivity contribution in [1.82, 2.24) is 0 Å². The first-order valence-corrected chi connectivity index (χ1v) is 20.7. The number of hydrogen-bond donors (Lipinski definition) is 2. The summed E-state index contributed by atoms with van der Waals surface area (Å²) in [4.78, 5) is 34.6. The van der Waals surface area contributed by atoms with Gasteiger partial charge in [-0.05, 0) is 32.1 Å². The van der Waals surface area contributed by atoms with Gasteiger partial charge in [-0.25, -0.2) is 4.57 Å². The highest BCUT2D eigenvalue weighted by molar-refractivity contribution is 7.47. The Hall–Kier alpha value is -1.25. The Kier molecular flexibility index (Phi) is 33.7. The number of unbranched alkanes of at least 4 members (excludes halogenated alkanes) is 21. The average Bonchev–Trinajstić information content (AvgIpc) is 3.05. The second-order valence-electron chi connectivity index (χ2n) is 12.8. The standard InChI is InChI=1S/C37H72NO8P/c1-3-5-7-9-11-13-15-16-17-18-20-21-23-25-27-29-36(39)43-33-35(34-45-47(41,42)44-32-31-38)46-37(40)30-28-26-24-22-19-14-12-10-8-6-4-2/h10,12,35H,3-9,11,13-34,38H2,1-2H3,(H,41,42)/b12-10-. The Labute approximate surface area is 288 Å². The van der Waals surface area contributed by atoms with Gasteiger partial charge in [0.2, 0.25) is 0 Å². The molecule has 0 radical (unpaired) electrons. The van der Waals surface area contributed by atoms with Crippen LogP contribution in [0.15, 0.2) is 12.2 Å². The van der Waals surface area contributed by atoms with Crippen LogP contribution in [0, 0.1) is 0 Å². The first-order valence-electron chi connectivity index (χ1n) is 19.2. The summed E-state index contributed by atoms with van der Waals surface area (Å²) in [6, 6.07) is 0. The van der Waals surface area contributed by atoms with Gasteiger partial charge in [-0.1, -0.05) is 148 Å². The minimum atomic E-state index is -4.36. The molecule has 9 nitrogen and oxygen atoms in total. The van der Waals surface area contributed by atoms with Crippen molar-refractivity contribution in [3.8, 4) is 0 Å². The Morgan fingerprint density at radius 2 is 1.06 bits per heavy atom. The van der Waals surface area contributed by atoms with E-state index in [0.29, 0.717) is 6.42 Å². The molecule has 0 aromatic heterocycles. The molecule has 0 bridgehead atoms. The summed E-state index contributed by atoms with van der Waals surface area (Å²) in [6.07, 6.45) is 32.4. The van der Waals surface area contributed by atoms with Crippen LogP contribution in [0.3, 0.4) is 0 Å². The zero-order chi connectivity index (χ0) is 34.7. The molecule has 3 N–H and O–H groups in total. The largest absolute Gasteiger partial charge is 0.472 e. The van der Waals surface area contributed by atoms with Crippen LogP contribution < -0.4 is 5.73 Å². The maximum atomic E-state index is 12.5. The lowest BCUT2D eigenvalue weighted by Gasteiger charge is -2.19. The maximum absolute atomic E-state index is 12.5. The van der Waals surface area contributed by atoms with Crippen LogP contribution in [0.1, 0.15) is 181 Å². The summed E-state index contributed by atoms with van der Waals surface area (Å²) in [5.41, 5.74) is 5.33. The molecule has 0 saturated carbocycles. The average molecular weight is 690 g/mol. The summed E-state index contributed by atoms with van der Waals surface area (Å²) in [5, 5.41) is 0. The fraction of sp³-hybridized carbons (Fsp3) is 0.892. The lowest BCUT2D eigenvalue weighted by atomic mass is 10.0. The molecule has 0 fully saturated rings. The molecule has 278 valence electrons. The topological polar surface area (TPSA) is 134 Å². The highest BCUT2D eigenvalue weighted by Crippen LogP contribution is 2.43. The van der Waals surface area contributed by atoms with E-state index in [0.717, 1.165) is 57.8 Å². The molecule has 0 saturated heterocycles. The molecule has 0 aliphatic carbocycles. The number of esters is 2. The van der Waals surface area contributed by atoms with Gasteiger partial charge in [0.1, 0.15) is 6.61 Å². The molecule has 2 atom stereocenters. The summed E-state index contributed by atoms with van der Waals surface area (Å²) in [7, 11) is -4.36. The fourth-order valence-electron chi connectivity index (χ4n) is 5.26. The van der Waals surface area contributed by atoms with Crippen LogP contribution in [0.25, 0.3) is 0 Å². The van der Waals surface area contributed by atoms with E-state index in [-0.39, 0.29) is 38.6 Å². The third kappa shape index (κ3) is 34.4. The first kappa shape index (κ1) is 45.8. The molecule has 0 rings (SSSR count). The van der Waals surface area contributed by atoms with Crippen molar-refractivity contribution in [2.24, 2.45) is 5.73 Å². The smallest absolute Gasteiger partial charge is 0.462 e. The molecule has 0 aliphatic rings. The van der Waals surface area contributed by atoms with Crippen LogP contribution in [-0.4, -0.2) is 49.3 Å². The first-order chi connectivity index (χ1) is 22.8. The molecular weight excluding hydrogens is 617 g/mol. The second kappa shape index (κ2) is 34.6. The number of hydrogen-bond acceptors (Lipinski definition) is 8. The minimum Gasteiger partial charge on any atom is -0.462 e. The minimum absolute atomic E-state index is 0.0545. The molecule has 0 aromatic carbocycles. The van der Waals surface area contributed by atoms with E-state index in [1.165, 1.54) is 89.9 Å². The molecule has 2 unspecified atom stereocenters. The van der Waals surface area contributed by atoms with E-state index < -0.39 is 26.5 Å². The zero-order valence-corrected chi connectivity index (χ0v) is 31.2. The molecule has 10 heteroatoms. The van der Waals surface area contributed by atoms with Gasteiger partial charge in [0.15, 0.2) is 6.10 Å². The number of carbonyl (C=O) groups excluding carboxylic acids is 2. The van der Waals surface area contributed by atoms with Crippen LogP contribution in [0.4, 0.5) is 0 Å². The van der Waals surface area contributed by atoms with Crippen molar-refractivity contribution in [3.63, 3.8) is 0 Å². The van der Waals surface area contributed by atoms with Crippen LogP contribution in [-0.2, 0) is 32.7 Å². The fourth-order valence-corrected chi connectivity index (χ4v) is 6.03. The number of ether oxygens (including phenoxy) is 2. The van der Waals surface area contributed by atoms with Gasteiger partial charge in [-0.2, -0.15) is 0 Å². The number of nitrogens with two attached hydrogens (primary N) is 1. The van der Waals surface area contributed by atoms with E-state index in [1.54, 1.807) is 0 Å². The van der Waals surface area contributed by atoms with Crippen molar-refractivity contribution in [3.05, 3.63) is 12.2 Å². The van der Waals surface area contributed by atoms with E-state index in [9.17, 15) is 19.0 Å². The molecule has 0 aliphatic heterocycles. The number of carbonyl (C=O) groups is 2. The predicted molar refractivity (Wildman–Crippen MR) is 192 cm³/mol. The van der Waals surface area contributed by atoms with E-state index in [4.69, 9.17) is 24.3 Å². The van der Waals surface area contributed by atoms with Gasteiger partial charge in [-0.3, -0.25) is 18.6 Å². The van der Waals surface area contributed by atoms with Crippen LogP contribution in [0.5, 0.6) is 0 Å². The van der Waals surface area contributed by atoms with Gasteiger partial charge in [0.25, 0.3) is 0 Å². The Bertz CT molecular complexity index is 794. The van der Waals surface area contributed by atoms with Crippen molar-refractivity contribution >= 4 is 19.8 Å². The lowest BCUT2D eigenvalue weighted by molar-refractivity contribution is -0.161. The third-order valence-corrected chi connectivity index (χ3v) is 9.14. The van der Waals surface area contributed by atoms with Gasteiger partial charge in [0, 0.05) is 19.4 Å². The maximum Gasteiger partial charge on any atom is 0.472 e. The molecule has 0 aromatic rings. The second-order valence-corrected chi connectivity index (χ2v) is 14.3. The van der Waals surface area contributed by atoms with Crippen molar-refractivity contribution in [2.75, 3.05) is 26.4 Å². The Morgan fingerprint density at radius 1 is 0.617 bits per heavy atom. The predicted octanol–water partition coefficient (Wildman–Crippen LogP) is 10.3. The highest BCUT2D eigenvalue weighted by Gasteiger charge is 2.25. The van der Waals surface area contributed by atoms with Crippen molar-refractivity contribution in [2.45, 2.75) is 187 Å². The summed E-state index contributed by atoms with van der Waals surface area (Å²) in [6.45, 7) is 3.68. The monoisotopic (exact) mass is 689 g/mol. The van der Waals surface area contributed by atoms with Gasteiger partial charge in [0.05, 0.1) is 13.2 Å². The van der Waals surface area contributed by atoms with E-state index >= 15 is 0 Å². The number of rotatable bonds is 36. The third-order valence-electron chi connectivity index (χ3n) is 8.15. The van der Waals surface area contributed by atoms with Gasteiger partial charge >= 0.3 is 19.8 Å². The Balaban J connectivity index is 4.18. The Morgan fingerprint density at radius 3 is 1.57 bits per heavy atom. The normalized spacial score (nSPS) is 13.5. The molecule has 47 heavy (non-hydrogen) atoms. The van der Waals surface area contributed by atoms with E-state index in [1.807, 2.05) is 0 Å². The number of allylic oxidation sites excluding steroid dienone is 2. The van der Waals surface area contributed by atoms with Crippen molar-refractivity contribution in [1.29, 1.82) is 0 Å². The van der Waals surface area contributed by atoms with Gasteiger partial charge in [-0.15, -0.1) is 0 Å². The molecule has 0 heterocycles. The molecule has 0 spiro atoms. The van der Waals surface area contributed by atoms with Crippen LogP contribution >= 0.6 is 7.82 Å². The highest BCUT2D eigenvalue weighted by atomic mass is 31.2. The zero-order valence-electron chi connectivity index (χ0n) is 30.3. The SMILES string of the molecule is CCCC/C=C\CCCCCCCC(=O)OC(COC(=O)CCCCCCCCCCCCCCCCC)COP(=O)(O)OCCN.